The lowest BCUT2D eigenvalue weighted by molar-refractivity contribution is 0.0735. The highest BCUT2D eigenvalue weighted by atomic mass is 32.1. The number of hydrogen-bond acceptors (Lipinski definition) is 9. The van der Waals surface area contributed by atoms with Gasteiger partial charge in [-0.1, -0.05) is 25.2 Å². The van der Waals surface area contributed by atoms with Crippen LogP contribution in [0.3, 0.4) is 0 Å². The van der Waals surface area contributed by atoms with E-state index in [1.807, 2.05) is 18.2 Å². The quantitative estimate of drug-likeness (QED) is 0.363. The Kier molecular flexibility index (Phi) is 7.85. The summed E-state index contributed by atoms with van der Waals surface area (Å²) in [6.07, 6.45) is 8.21. The summed E-state index contributed by atoms with van der Waals surface area (Å²) in [7, 11) is 0. The van der Waals surface area contributed by atoms with Gasteiger partial charge in [-0.3, -0.25) is 9.88 Å². The Morgan fingerprint density at radius 1 is 1.23 bits per heavy atom. The first-order valence-corrected chi connectivity index (χ1v) is 13.2. The summed E-state index contributed by atoms with van der Waals surface area (Å²) < 4.78 is 0. The van der Waals surface area contributed by atoms with E-state index in [-0.39, 0.29) is 6.04 Å². The number of nitrogens with zero attached hydrogens (tertiary/aromatic N) is 5. The maximum atomic E-state index is 10.3. The third-order valence-electron chi connectivity index (χ3n) is 6.76. The molecule has 1 fully saturated rings. The maximum Gasteiger partial charge on any atom is 0.188 e. The summed E-state index contributed by atoms with van der Waals surface area (Å²) in [5, 5.41) is 28.1. The predicted molar refractivity (Wildman–Crippen MR) is 142 cm³/mol. The molecule has 0 saturated carbocycles. The number of aliphatic hydroxyl groups is 1. The van der Waals surface area contributed by atoms with Crippen LogP contribution in [0.15, 0.2) is 30.6 Å². The predicted octanol–water partition coefficient (Wildman–Crippen LogP) is 5.40. The van der Waals surface area contributed by atoms with Crippen molar-refractivity contribution in [2.24, 2.45) is 0 Å². The Hall–Kier alpha value is -2.80. The molecule has 0 radical (unpaired) electrons. The van der Waals surface area contributed by atoms with Crippen LogP contribution in [0, 0.1) is 11.3 Å². The lowest BCUT2D eigenvalue weighted by Crippen LogP contribution is -2.52. The van der Waals surface area contributed by atoms with Gasteiger partial charge >= 0.3 is 0 Å². The normalized spacial score (nSPS) is 21.1. The van der Waals surface area contributed by atoms with E-state index in [9.17, 15) is 5.11 Å². The summed E-state index contributed by atoms with van der Waals surface area (Å²) in [5.74, 6) is 1.48. The molecule has 4 rings (SSSR count). The molecule has 0 amide bonds. The van der Waals surface area contributed by atoms with Crippen LogP contribution in [0.5, 0.6) is 0 Å². The number of piperidine rings is 1. The fraction of sp³-hybridized carbons (Fsp3) is 0.538. The topological polar surface area (TPSA) is 110 Å². The van der Waals surface area contributed by atoms with Crippen LogP contribution in [0.2, 0.25) is 0 Å². The van der Waals surface area contributed by atoms with E-state index in [4.69, 9.17) is 10.2 Å². The Morgan fingerprint density at radius 2 is 1.97 bits per heavy atom. The van der Waals surface area contributed by atoms with Crippen molar-refractivity contribution < 1.29 is 5.11 Å². The molecule has 35 heavy (non-hydrogen) atoms. The standard InChI is InChI=1S/C26H35N7OS/c1-5-18-13-17(14-19(6-2)33(18)12-8-10-27)30-24-20-9-7-11-28-21(20)15-23(31-24)32-25-29-16-22(35-25)26(3,4)34/h7,9,11,15-19,34H,5-6,8,12-14H2,1-4H3,(H2,29,30,31,32). The Labute approximate surface area is 211 Å². The van der Waals surface area contributed by atoms with Gasteiger partial charge in [0.05, 0.1) is 22.1 Å². The molecule has 1 aliphatic rings. The van der Waals surface area contributed by atoms with E-state index in [1.54, 1.807) is 26.2 Å². The highest BCUT2D eigenvalue weighted by Gasteiger charge is 2.34. The Bertz CT molecular complexity index is 1170. The van der Waals surface area contributed by atoms with E-state index in [0.717, 1.165) is 53.8 Å². The van der Waals surface area contributed by atoms with Gasteiger partial charge in [-0.2, -0.15) is 5.26 Å². The number of likely N-dealkylation sites (tertiary alicyclic amines) is 1. The molecular formula is C26H35N7OS. The Morgan fingerprint density at radius 3 is 2.60 bits per heavy atom. The summed E-state index contributed by atoms with van der Waals surface area (Å²) in [6.45, 7) is 8.81. The first-order valence-electron chi connectivity index (χ1n) is 12.4. The molecular weight excluding hydrogens is 458 g/mol. The first kappa shape index (κ1) is 25.3. The van der Waals surface area contributed by atoms with Crippen LogP contribution >= 0.6 is 11.3 Å². The second kappa shape index (κ2) is 10.9. The van der Waals surface area contributed by atoms with Crippen LogP contribution in [0.1, 0.15) is 64.7 Å². The van der Waals surface area contributed by atoms with E-state index < -0.39 is 5.60 Å². The molecule has 4 heterocycles. The van der Waals surface area contributed by atoms with Gasteiger partial charge in [0.1, 0.15) is 11.6 Å². The summed E-state index contributed by atoms with van der Waals surface area (Å²) >= 11 is 1.41. The zero-order valence-corrected chi connectivity index (χ0v) is 21.8. The average molecular weight is 494 g/mol. The molecule has 0 aliphatic carbocycles. The molecule has 9 heteroatoms. The zero-order chi connectivity index (χ0) is 25.0. The Balaban J connectivity index is 1.59. The van der Waals surface area contributed by atoms with Crippen LogP contribution in [0.4, 0.5) is 16.8 Å². The minimum Gasteiger partial charge on any atom is -0.385 e. The van der Waals surface area contributed by atoms with Crippen molar-refractivity contribution in [3.05, 3.63) is 35.5 Å². The number of anilines is 3. The molecule has 2 atom stereocenters. The molecule has 3 aromatic heterocycles. The van der Waals surface area contributed by atoms with Gasteiger partial charge in [0.15, 0.2) is 5.13 Å². The fourth-order valence-electron chi connectivity index (χ4n) is 4.95. The minimum absolute atomic E-state index is 0.288. The zero-order valence-electron chi connectivity index (χ0n) is 21.0. The van der Waals surface area contributed by atoms with Crippen molar-refractivity contribution in [3.63, 3.8) is 0 Å². The first-order chi connectivity index (χ1) is 16.8. The van der Waals surface area contributed by atoms with Gasteiger partial charge in [-0.15, -0.1) is 0 Å². The molecule has 3 N–H and O–H groups in total. The van der Waals surface area contributed by atoms with Gasteiger partial charge in [-0.05, 0) is 51.7 Å². The number of fused-ring (bicyclic) bond motifs is 1. The summed E-state index contributed by atoms with van der Waals surface area (Å²) in [5.41, 5.74) is -0.0755. The molecule has 0 aromatic carbocycles. The molecule has 0 spiro atoms. The van der Waals surface area contributed by atoms with Crippen molar-refractivity contribution in [3.8, 4) is 6.07 Å². The molecule has 0 bridgehead atoms. The second-order valence-electron chi connectivity index (χ2n) is 9.72. The van der Waals surface area contributed by atoms with E-state index in [0.29, 0.717) is 29.5 Å². The van der Waals surface area contributed by atoms with Crippen molar-refractivity contribution in [1.82, 2.24) is 19.9 Å². The number of thiazole rings is 1. The third-order valence-corrected chi connectivity index (χ3v) is 7.99. The van der Waals surface area contributed by atoms with E-state index in [2.05, 4.69) is 45.4 Å². The van der Waals surface area contributed by atoms with Gasteiger partial charge in [-0.25, -0.2) is 9.97 Å². The van der Waals surface area contributed by atoms with Crippen molar-refractivity contribution in [2.75, 3.05) is 17.2 Å². The van der Waals surface area contributed by atoms with Gasteiger partial charge in [0.25, 0.3) is 0 Å². The SMILES string of the molecule is CCC1CC(Nc2nc(Nc3ncc(C(C)(C)O)s3)cc3ncccc23)CC(CC)N1CCC#N. The smallest absolute Gasteiger partial charge is 0.188 e. The summed E-state index contributed by atoms with van der Waals surface area (Å²) in [6, 6.07) is 9.41. The number of hydrogen-bond donors (Lipinski definition) is 3. The molecule has 186 valence electrons. The monoisotopic (exact) mass is 493 g/mol. The van der Waals surface area contributed by atoms with Gasteiger partial charge < -0.3 is 15.7 Å². The van der Waals surface area contributed by atoms with E-state index >= 15 is 0 Å². The summed E-state index contributed by atoms with van der Waals surface area (Å²) in [4.78, 5) is 17.2. The van der Waals surface area contributed by atoms with Crippen LogP contribution in [0.25, 0.3) is 10.9 Å². The highest BCUT2D eigenvalue weighted by molar-refractivity contribution is 7.15. The number of nitrogens with one attached hydrogen (secondary N) is 2. The highest BCUT2D eigenvalue weighted by Crippen LogP contribution is 2.33. The number of nitriles is 1. The largest absolute Gasteiger partial charge is 0.385 e. The van der Waals surface area contributed by atoms with Gasteiger partial charge in [0, 0.05) is 54.9 Å². The second-order valence-corrected chi connectivity index (χ2v) is 10.8. The van der Waals surface area contributed by atoms with Crippen molar-refractivity contribution in [2.45, 2.75) is 83.5 Å². The lowest BCUT2D eigenvalue weighted by atomic mass is 9.88. The molecule has 1 saturated heterocycles. The average Bonchev–Trinajstić information content (AvgIpc) is 3.31. The minimum atomic E-state index is -0.934. The van der Waals surface area contributed by atoms with Crippen LogP contribution in [-0.4, -0.2) is 49.6 Å². The number of rotatable bonds is 9. The lowest BCUT2D eigenvalue weighted by Gasteiger charge is -2.45. The van der Waals surface area contributed by atoms with Crippen LogP contribution < -0.4 is 10.6 Å². The molecule has 2 unspecified atom stereocenters. The maximum absolute atomic E-state index is 10.3. The van der Waals surface area contributed by atoms with Crippen LogP contribution in [-0.2, 0) is 5.60 Å². The van der Waals surface area contributed by atoms with E-state index in [1.165, 1.54) is 11.3 Å². The van der Waals surface area contributed by atoms with Gasteiger partial charge in [0.2, 0.25) is 0 Å². The molecule has 8 nitrogen and oxygen atoms in total. The van der Waals surface area contributed by atoms with Crippen molar-refractivity contribution >= 4 is 39.0 Å². The number of aromatic nitrogens is 3. The fourth-order valence-corrected chi connectivity index (χ4v) is 5.78. The molecule has 1 aliphatic heterocycles. The number of pyridine rings is 2. The third kappa shape index (κ3) is 5.89. The molecule has 3 aromatic rings. The van der Waals surface area contributed by atoms with Crippen molar-refractivity contribution in [1.29, 1.82) is 5.26 Å².